The minimum absolute atomic E-state index is 0.0417. The molecule has 0 bridgehead atoms. The van der Waals surface area contributed by atoms with Gasteiger partial charge in [-0.05, 0) is 32.1 Å². The highest BCUT2D eigenvalue weighted by Crippen LogP contribution is 2.21. The zero-order valence-electron chi connectivity index (χ0n) is 11.6. The van der Waals surface area contributed by atoms with Crippen LogP contribution in [0.2, 0.25) is 0 Å². The number of hydrogen-bond acceptors (Lipinski definition) is 4. The van der Waals surface area contributed by atoms with Gasteiger partial charge in [0, 0.05) is 19.7 Å². The largest absolute Gasteiger partial charge is 0.469 e. The maximum Gasteiger partial charge on any atom is 0.308 e. The first kappa shape index (κ1) is 14.3. The number of carbonyl (C=O) groups excluding carboxylic acids is 2. The second-order valence-corrected chi connectivity index (χ2v) is 5.37. The van der Waals surface area contributed by atoms with Crippen LogP contribution in [-0.4, -0.2) is 49.7 Å². The van der Waals surface area contributed by atoms with Crippen LogP contribution in [0, 0.1) is 5.92 Å². The lowest BCUT2D eigenvalue weighted by Gasteiger charge is -2.32. The van der Waals surface area contributed by atoms with Gasteiger partial charge in [0.05, 0.1) is 25.6 Å². The quantitative estimate of drug-likeness (QED) is 0.726. The number of hydrogen-bond donors (Lipinski definition) is 0. The van der Waals surface area contributed by atoms with Gasteiger partial charge in [0.2, 0.25) is 5.91 Å². The Balaban J connectivity index is 1.74. The van der Waals surface area contributed by atoms with Crippen molar-refractivity contribution in [2.45, 2.75) is 44.6 Å². The van der Waals surface area contributed by atoms with Gasteiger partial charge in [-0.2, -0.15) is 0 Å². The summed E-state index contributed by atoms with van der Waals surface area (Å²) in [7, 11) is 1.42. The molecule has 0 aromatic rings. The van der Waals surface area contributed by atoms with Crippen molar-refractivity contribution in [1.29, 1.82) is 0 Å². The van der Waals surface area contributed by atoms with Crippen LogP contribution < -0.4 is 0 Å². The Morgan fingerprint density at radius 2 is 1.95 bits per heavy atom. The number of ether oxygens (including phenoxy) is 2. The van der Waals surface area contributed by atoms with Crippen LogP contribution in [0.15, 0.2) is 0 Å². The van der Waals surface area contributed by atoms with Crippen LogP contribution in [-0.2, 0) is 19.1 Å². The molecule has 5 nitrogen and oxygen atoms in total. The molecule has 2 aliphatic rings. The Morgan fingerprint density at radius 1 is 1.21 bits per heavy atom. The molecule has 2 aliphatic heterocycles. The molecule has 5 heteroatoms. The molecule has 0 aromatic heterocycles. The lowest BCUT2D eigenvalue weighted by molar-refractivity contribution is -0.149. The highest BCUT2D eigenvalue weighted by Gasteiger charge is 2.29. The number of esters is 1. The summed E-state index contributed by atoms with van der Waals surface area (Å²) in [6.07, 6.45) is 5.26. The third-order valence-corrected chi connectivity index (χ3v) is 4.06. The molecule has 19 heavy (non-hydrogen) atoms. The van der Waals surface area contributed by atoms with Crippen molar-refractivity contribution in [2.24, 2.45) is 5.92 Å². The lowest BCUT2D eigenvalue weighted by atomic mass is 9.96. The molecular formula is C14H23NO4. The minimum atomic E-state index is -0.150. The van der Waals surface area contributed by atoms with Crippen molar-refractivity contribution >= 4 is 11.9 Å². The first-order chi connectivity index (χ1) is 9.20. The van der Waals surface area contributed by atoms with E-state index >= 15 is 0 Å². The Hall–Kier alpha value is -1.10. The minimum Gasteiger partial charge on any atom is -0.469 e. The van der Waals surface area contributed by atoms with E-state index in [0.29, 0.717) is 32.4 Å². The fourth-order valence-corrected chi connectivity index (χ4v) is 2.82. The zero-order valence-corrected chi connectivity index (χ0v) is 11.6. The molecule has 1 unspecified atom stereocenters. The molecule has 0 saturated carbocycles. The molecular weight excluding hydrogens is 246 g/mol. The lowest BCUT2D eigenvalue weighted by Crippen LogP contribution is -2.42. The van der Waals surface area contributed by atoms with E-state index in [2.05, 4.69) is 0 Å². The third kappa shape index (κ3) is 3.93. The number of rotatable bonds is 3. The molecule has 1 amide bonds. The number of likely N-dealkylation sites (tertiary alicyclic amines) is 1. The van der Waals surface area contributed by atoms with E-state index in [1.165, 1.54) is 7.11 Å². The summed E-state index contributed by atoms with van der Waals surface area (Å²) < 4.78 is 10.3. The summed E-state index contributed by atoms with van der Waals surface area (Å²) in [4.78, 5) is 25.4. The topological polar surface area (TPSA) is 55.8 Å². The van der Waals surface area contributed by atoms with Crippen LogP contribution in [0.4, 0.5) is 0 Å². The average Bonchev–Trinajstić information content (AvgIpc) is 2.47. The van der Waals surface area contributed by atoms with E-state index < -0.39 is 0 Å². The fraction of sp³-hybridized carbons (Fsp3) is 0.857. The molecule has 1 atom stereocenters. The van der Waals surface area contributed by atoms with E-state index in [-0.39, 0.29) is 23.9 Å². The number of piperidine rings is 1. The van der Waals surface area contributed by atoms with Crippen molar-refractivity contribution in [1.82, 2.24) is 4.90 Å². The second kappa shape index (κ2) is 6.89. The monoisotopic (exact) mass is 269 g/mol. The summed E-state index contributed by atoms with van der Waals surface area (Å²) in [5.74, 6) is -0.0297. The predicted octanol–water partition coefficient (Wildman–Crippen LogP) is 1.36. The summed E-state index contributed by atoms with van der Waals surface area (Å²) in [6, 6.07) is 0. The molecule has 108 valence electrons. The fourth-order valence-electron chi connectivity index (χ4n) is 2.82. The molecule has 0 N–H and O–H groups in total. The van der Waals surface area contributed by atoms with Crippen molar-refractivity contribution in [2.75, 3.05) is 26.8 Å². The van der Waals surface area contributed by atoms with Gasteiger partial charge in [-0.3, -0.25) is 9.59 Å². The van der Waals surface area contributed by atoms with Crippen molar-refractivity contribution in [3.63, 3.8) is 0 Å². The van der Waals surface area contributed by atoms with Gasteiger partial charge in [-0.15, -0.1) is 0 Å². The van der Waals surface area contributed by atoms with Gasteiger partial charge < -0.3 is 14.4 Å². The summed E-state index contributed by atoms with van der Waals surface area (Å²) >= 11 is 0. The SMILES string of the molecule is COC(=O)C1CCN(C(=O)CC2CCCCO2)CC1. The molecule has 0 aromatic carbocycles. The first-order valence-electron chi connectivity index (χ1n) is 7.18. The average molecular weight is 269 g/mol. The van der Waals surface area contributed by atoms with E-state index in [1.807, 2.05) is 4.90 Å². The number of methoxy groups -OCH3 is 1. The van der Waals surface area contributed by atoms with Gasteiger partial charge in [0.15, 0.2) is 0 Å². The van der Waals surface area contributed by atoms with E-state index in [4.69, 9.17) is 9.47 Å². The van der Waals surface area contributed by atoms with Crippen LogP contribution in [0.5, 0.6) is 0 Å². The van der Waals surface area contributed by atoms with E-state index in [9.17, 15) is 9.59 Å². The van der Waals surface area contributed by atoms with Gasteiger partial charge in [-0.25, -0.2) is 0 Å². The number of amides is 1. The maximum atomic E-state index is 12.1. The van der Waals surface area contributed by atoms with Gasteiger partial charge in [-0.1, -0.05) is 0 Å². The van der Waals surface area contributed by atoms with E-state index in [1.54, 1.807) is 0 Å². The van der Waals surface area contributed by atoms with Crippen molar-refractivity contribution < 1.29 is 19.1 Å². The molecule has 0 radical (unpaired) electrons. The highest BCUT2D eigenvalue weighted by atomic mass is 16.5. The van der Waals surface area contributed by atoms with E-state index in [0.717, 1.165) is 25.9 Å². The van der Waals surface area contributed by atoms with Crippen molar-refractivity contribution in [3.05, 3.63) is 0 Å². The molecule has 2 fully saturated rings. The summed E-state index contributed by atoms with van der Waals surface area (Å²) in [5.41, 5.74) is 0. The number of nitrogens with zero attached hydrogens (tertiary/aromatic N) is 1. The Labute approximate surface area is 114 Å². The maximum absolute atomic E-state index is 12.1. The van der Waals surface area contributed by atoms with Gasteiger partial charge in [0.25, 0.3) is 0 Å². The Bertz CT molecular complexity index is 317. The standard InChI is InChI=1S/C14H23NO4/c1-18-14(17)11-5-7-15(8-6-11)13(16)10-12-4-2-3-9-19-12/h11-12H,2-10H2,1H3. The Morgan fingerprint density at radius 3 is 2.53 bits per heavy atom. The summed E-state index contributed by atoms with van der Waals surface area (Å²) in [5, 5.41) is 0. The predicted molar refractivity (Wildman–Crippen MR) is 69.5 cm³/mol. The molecule has 0 aliphatic carbocycles. The number of carbonyl (C=O) groups is 2. The normalized spacial score (nSPS) is 25.1. The Kier molecular flexibility index (Phi) is 5.19. The molecule has 2 saturated heterocycles. The third-order valence-electron chi connectivity index (χ3n) is 4.06. The van der Waals surface area contributed by atoms with Crippen LogP contribution in [0.1, 0.15) is 38.5 Å². The van der Waals surface area contributed by atoms with Gasteiger partial charge >= 0.3 is 5.97 Å². The molecule has 2 rings (SSSR count). The highest BCUT2D eigenvalue weighted by molar-refractivity contribution is 5.77. The summed E-state index contributed by atoms with van der Waals surface area (Å²) in [6.45, 7) is 2.10. The molecule has 0 spiro atoms. The van der Waals surface area contributed by atoms with Crippen molar-refractivity contribution in [3.8, 4) is 0 Å². The molecule has 2 heterocycles. The van der Waals surface area contributed by atoms with Crippen LogP contribution in [0.25, 0.3) is 0 Å². The second-order valence-electron chi connectivity index (χ2n) is 5.37. The van der Waals surface area contributed by atoms with Crippen LogP contribution in [0.3, 0.4) is 0 Å². The van der Waals surface area contributed by atoms with Gasteiger partial charge in [0.1, 0.15) is 0 Å². The first-order valence-corrected chi connectivity index (χ1v) is 7.18. The van der Waals surface area contributed by atoms with Crippen LogP contribution >= 0.6 is 0 Å². The zero-order chi connectivity index (χ0) is 13.7. The smallest absolute Gasteiger partial charge is 0.308 e.